The van der Waals surface area contributed by atoms with Crippen LogP contribution in [0.4, 0.5) is 4.79 Å². The van der Waals surface area contributed by atoms with Crippen LogP contribution in [0, 0.1) is 5.92 Å². The van der Waals surface area contributed by atoms with E-state index in [1.807, 2.05) is 86.9 Å². The second kappa shape index (κ2) is 18.4. The van der Waals surface area contributed by atoms with Crippen molar-refractivity contribution in [1.29, 1.82) is 0 Å². The summed E-state index contributed by atoms with van der Waals surface area (Å²) in [4.78, 5) is 56.7. The van der Waals surface area contributed by atoms with Gasteiger partial charge in [-0.1, -0.05) is 58.0 Å². The van der Waals surface area contributed by atoms with Crippen LogP contribution in [0.3, 0.4) is 0 Å². The van der Waals surface area contributed by atoms with Gasteiger partial charge in [0.2, 0.25) is 11.8 Å². The van der Waals surface area contributed by atoms with Crippen molar-refractivity contribution in [2.24, 2.45) is 5.92 Å². The first-order valence-corrected chi connectivity index (χ1v) is 19.5. The lowest BCUT2D eigenvalue weighted by atomic mass is 9.97. The van der Waals surface area contributed by atoms with E-state index in [0.717, 1.165) is 21.1 Å². The topological polar surface area (TPSA) is 143 Å². The van der Waals surface area contributed by atoms with E-state index in [-0.39, 0.29) is 30.3 Å². The standard InChI is InChI=1S/C37H56N8O4S2/c1-24(2)32(41-36(49)43(8)18-27-22-50-35(39-27)25(3)4)34(48)40-29(16-26-12-10-9-11-13-26)31(46)21-45-15-14-44(19-28-17-38-23-51-28)20-30(45)33(47)42-37(5,6)7/h9-13,17,22-25,29-32,46H,14-16,18-21H2,1-8H3,(H,40,48)(H,41,49)(H,42,47)/t29-,30-,31+,32-/m0/s1. The van der Waals surface area contributed by atoms with Crippen LogP contribution in [0.2, 0.25) is 0 Å². The number of nitrogens with one attached hydrogen (secondary N) is 3. The van der Waals surface area contributed by atoms with Crippen LogP contribution in [-0.2, 0) is 29.1 Å². The summed E-state index contributed by atoms with van der Waals surface area (Å²) in [6.45, 7) is 16.8. The molecule has 0 radical (unpaired) electrons. The fourth-order valence-corrected chi connectivity index (χ4v) is 7.49. The molecule has 0 unspecified atom stereocenters. The highest BCUT2D eigenvalue weighted by molar-refractivity contribution is 7.09. The van der Waals surface area contributed by atoms with E-state index in [9.17, 15) is 19.5 Å². The van der Waals surface area contributed by atoms with Crippen molar-refractivity contribution in [3.05, 3.63) is 68.6 Å². The number of aromatic nitrogens is 2. The predicted octanol–water partition coefficient (Wildman–Crippen LogP) is 4.08. The molecule has 51 heavy (non-hydrogen) atoms. The van der Waals surface area contributed by atoms with Gasteiger partial charge in [0.05, 0.1) is 34.9 Å². The van der Waals surface area contributed by atoms with Crippen LogP contribution >= 0.6 is 22.7 Å². The molecule has 1 saturated heterocycles. The molecule has 0 spiro atoms. The van der Waals surface area contributed by atoms with Crippen molar-refractivity contribution in [1.82, 2.24) is 40.6 Å². The molecule has 0 bridgehead atoms. The van der Waals surface area contributed by atoms with Gasteiger partial charge in [0, 0.05) is 67.7 Å². The summed E-state index contributed by atoms with van der Waals surface area (Å²) in [7, 11) is 1.68. The number of nitrogens with zero attached hydrogens (tertiary/aromatic N) is 5. The molecule has 280 valence electrons. The molecular formula is C37H56N8O4S2. The Kier molecular flexibility index (Phi) is 14.5. The maximum atomic E-state index is 13.9. The fourth-order valence-electron chi connectivity index (χ4n) is 6.03. The molecule has 3 aromatic rings. The lowest BCUT2D eigenvalue weighted by Gasteiger charge is -2.43. The number of hydrogen-bond donors (Lipinski definition) is 4. The van der Waals surface area contributed by atoms with Gasteiger partial charge >= 0.3 is 6.03 Å². The minimum absolute atomic E-state index is 0.0999. The van der Waals surface area contributed by atoms with Crippen molar-refractivity contribution in [3.8, 4) is 0 Å². The van der Waals surface area contributed by atoms with Gasteiger partial charge in [-0.3, -0.25) is 24.4 Å². The van der Waals surface area contributed by atoms with Crippen LogP contribution < -0.4 is 16.0 Å². The van der Waals surface area contributed by atoms with Gasteiger partial charge < -0.3 is 26.0 Å². The highest BCUT2D eigenvalue weighted by atomic mass is 32.1. The molecule has 12 nitrogen and oxygen atoms in total. The Balaban J connectivity index is 1.48. The van der Waals surface area contributed by atoms with Crippen molar-refractivity contribution >= 4 is 40.5 Å². The number of aliphatic hydroxyl groups is 1. The SMILES string of the molecule is CC(C)c1nc(CN(C)C(=O)N[C@H](C(=O)N[C@@H](Cc2ccccc2)[C@H](O)CN2CCN(Cc3cncs3)C[C@H]2C(=O)NC(C)(C)C)C(C)C)cs1. The average Bonchev–Trinajstić information content (AvgIpc) is 3.76. The summed E-state index contributed by atoms with van der Waals surface area (Å²) in [5, 5.41) is 24.0. The molecule has 0 aliphatic carbocycles. The Bertz CT molecular complexity index is 1540. The summed E-state index contributed by atoms with van der Waals surface area (Å²) < 4.78 is 0. The van der Waals surface area contributed by atoms with Gasteiger partial charge in [-0.2, -0.15) is 0 Å². The highest BCUT2D eigenvalue weighted by Gasteiger charge is 2.37. The number of aliphatic hydroxyl groups excluding tert-OH is 1. The number of benzene rings is 1. The fraction of sp³-hybridized carbons (Fsp3) is 0.595. The van der Waals surface area contributed by atoms with Crippen molar-refractivity contribution in [3.63, 3.8) is 0 Å². The number of thiazole rings is 2. The van der Waals surface area contributed by atoms with E-state index in [1.165, 1.54) is 4.90 Å². The highest BCUT2D eigenvalue weighted by Crippen LogP contribution is 2.21. The van der Waals surface area contributed by atoms with Crippen molar-refractivity contribution in [2.45, 2.75) is 104 Å². The van der Waals surface area contributed by atoms with Gasteiger partial charge in [-0.05, 0) is 38.7 Å². The first-order valence-electron chi connectivity index (χ1n) is 17.7. The lowest BCUT2D eigenvalue weighted by Crippen LogP contribution is -2.63. The minimum Gasteiger partial charge on any atom is -0.390 e. The number of carbonyl (C=O) groups excluding carboxylic acids is 3. The third-order valence-corrected chi connectivity index (χ3v) is 10.7. The van der Waals surface area contributed by atoms with Gasteiger partial charge in [0.25, 0.3) is 0 Å². The van der Waals surface area contributed by atoms with Crippen LogP contribution in [0.15, 0.2) is 47.4 Å². The van der Waals surface area contributed by atoms with E-state index in [2.05, 4.69) is 44.7 Å². The summed E-state index contributed by atoms with van der Waals surface area (Å²) in [5.74, 6) is -0.391. The van der Waals surface area contributed by atoms with Gasteiger partial charge in [-0.25, -0.2) is 9.78 Å². The molecule has 4 amide bonds. The number of piperazine rings is 1. The van der Waals surface area contributed by atoms with Gasteiger partial charge in [0.15, 0.2) is 0 Å². The first-order chi connectivity index (χ1) is 24.1. The van der Waals surface area contributed by atoms with Gasteiger partial charge in [0.1, 0.15) is 12.1 Å². The molecule has 14 heteroatoms. The molecule has 4 atom stereocenters. The molecule has 2 aromatic heterocycles. The first kappa shape index (κ1) is 40.3. The number of carbonyl (C=O) groups is 3. The zero-order valence-corrected chi connectivity index (χ0v) is 32.9. The third kappa shape index (κ3) is 12.3. The van der Waals surface area contributed by atoms with Crippen molar-refractivity contribution in [2.75, 3.05) is 33.2 Å². The summed E-state index contributed by atoms with van der Waals surface area (Å²) in [6, 6.07) is 7.30. The Morgan fingerprint density at radius 3 is 2.39 bits per heavy atom. The molecule has 1 aliphatic heterocycles. The summed E-state index contributed by atoms with van der Waals surface area (Å²) in [6.07, 6.45) is 1.23. The molecule has 3 heterocycles. The Hall–Kier alpha value is -3.43. The molecule has 0 saturated carbocycles. The third-order valence-electron chi connectivity index (χ3n) is 8.79. The van der Waals surface area contributed by atoms with E-state index in [0.29, 0.717) is 45.1 Å². The quantitative estimate of drug-likeness (QED) is 0.183. The maximum absolute atomic E-state index is 13.9. The maximum Gasteiger partial charge on any atom is 0.318 e. The molecule has 1 aliphatic rings. The van der Waals surface area contributed by atoms with E-state index in [1.54, 1.807) is 29.7 Å². The normalized spacial score (nSPS) is 17.6. The Labute approximate surface area is 311 Å². The van der Waals surface area contributed by atoms with Gasteiger partial charge in [-0.15, -0.1) is 22.7 Å². The van der Waals surface area contributed by atoms with Crippen molar-refractivity contribution < 1.29 is 19.5 Å². The second-order valence-electron chi connectivity index (χ2n) is 15.2. The number of urea groups is 1. The molecule has 4 rings (SSSR count). The number of β-amino-alcohol motifs (C(OH)–C–C–N with tert-alkyl or cyclic N) is 1. The largest absolute Gasteiger partial charge is 0.390 e. The Morgan fingerprint density at radius 1 is 1.06 bits per heavy atom. The van der Waals surface area contributed by atoms with E-state index in [4.69, 9.17) is 0 Å². The van der Waals surface area contributed by atoms with Crippen LogP contribution in [0.1, 0.15) is 75.5 Å². The number of rotatable bonds is 15. The smallest absolute Gasteiger partial charge is 0.318 e. The molecule has 1 fully saturated rings. The number of amides is 4. The zero-order valence-electron chi connectivity index (χ0n) is 31.3. The Morgan fingerprint density at radius 2 is 1.78 bits per heavy atom. The minimum atomic E-state index is -1.00. The molecular weight excluding hydrogens is 685 g/mol. The predicted molar refractivity (Wildman–Crippen MR) is 204 cm³/mol. The number of hydrogen-bond acceptors (Lipinski definition) is 10. The van der Waals surface area contributed by atoms with E-state index >= 15 is 0 Å². The molecule has 4 N–H and O–H groups in total. The molecule has 1 aromatic carbocycles. The monoisotopic (exact) mass is 740 g/mol. The summed E-state index contributed by atoms with van der Waals surface area (Å²) in [5.41, 5.74) is 3.14. The summed E-state index contributed by atoms with van der Waals surface area (Å²) >= 11 is 3.17. The van der Waals surface area contributed by atoms with E-state index < -0.39 is 29.8 Å². The average molecular weight is 741 g/mol. The lowest BCUT2D eigenvalue weighted by molar-refractivity contribution is -0.132. The van der Waals surface area contributed by atoms with Crippen LogP contribution in [0.5, 0.6) is 0 Å². The van der Waals surface area contributed by atoms with Crippen LogP contribution in [-0.4, -0.2) is 111 Å². The second-order valence-corrected chi connectivity index (χ2v) is 17.0. The van der Waals surface area contributed by atoms with Crippen LogP contribution in [0.25, 0.3) is 0 Å². The zero-order chi connectivity index (χ0) is 37.3.